The van der Waals surface area contributed by atoms with Crippen LogP contribution in [0.5, 0.6) is 0 Å². The van der Waals surface area contributed by atoms with Crippen molar-refractivity contribution in [2.45, 2.75) is 25.9 Å². The van der Waals surface area contributed by atoms with Crippen LogP contribution in [0.1, 0.15) is 24.0 Å². The molecule has 1 fully saturated rings. The van der Waals surface area contributed by atoms with E-state index in [9.17, 15) is 0 Å². The van der Waals surface area contributed by atoms with Gasteiger partial charge in [0.05, 0.1) is 13.2 Å². The van der Waals surface area contributed by atoms with E-state index in [1.54, 1.807) is 12.7 Å². The van der Waals surface area contributed by atoms with Crippen LogP contribution in [-0.4, -0.2) is 50.9 Å². The first-order valence-corrected chi connectivity index (χ1v) is 11.1. The minimum Gasteiger partial charge on any atom is -0.376 e. The highest BCUT2D eigenvalue weighted by atomic mass is 16.5. The van der Waals surface area contributed by atoms with Crippen LogP contribution >= 0.6 is 0 Å². The van der Waals surface area contributed by atoms with Gasteiger partial charge in [0.2, 0.25) is 0 Å². The van der Waals surface area contributed by atoms with Crippen LogP contribution in [-0.2, 0) is 17.8 Å². The maximum absolute atomic E-state index is 5.96. The first-order valence-electron chi connectivity index (χ1n) is 11.1. The third-order valence-electron chi connectivity index (χ3n) is 6.22. The van der Waals surface area contributed by atoms with Crippen molar-refractivity contribution < 1.29 is 4.74 Å². The molecule has 2 aromatic heterocycles. The number of nitrogens with one attached hydrogen (secondary N) is 1. The van der Waals surface area contributed by atoms with Gasteiger partial charge in [-0.25, -0.2) is 0 Å². The van der Waals surface area contributed by atoms with Gasteiger partial charge in [0.15, 0.2) is 0 Å². The molecular weight excluding hydrogens is 386 g/mol. The number of hydrogen-bond donors (Lipinski definition) is 1. The molecule has 2 aromatic carbocycles. The molecule has 1 aliphatic heterocycles. The topological polar surface area (TPSA) is 59.0 Å². The van der Waals surface area contributed by atoms with Gasteiger partial charge in [-0.2, -0.15) is 0 Å². The second-order valence-electron chi connectivity index (χ2n) is 8.47. The van der Waals surface area contributed by atoms with Crippen molar-refractivity contribution in [1.82, 2.24) is 24.6 Å². The molecule has 6 heteroatoms. The Balaban J connectivity index is 1.09. The van der Waals surface area contributed by atoms with Gasteiger partial charge < -0.3 is 14.6 Å². The number of ether oxygens (including phenoxy) is 1. The zero-order valence-corrected chi connectivity index (χ0v) is 17.8. The van der Waals surface area contributed by atoms with Crippen molar-refractivity contribution in [3.8, 4) is 5.69 Å². The quantitative estimate of drug-likeness (QED) is 0.445. The zero-order chi connectivity index (χ0) is 20.9. The number of fused-ring (bicyclic) bond motifs is 1. The van der Waals surface area contributed by atoms with Gasteiger partial charge in [-0.1, -0.05) is 30.3 Å². The summed E-state index contributed by atoms with van der Waals surface area (Å²) in [6, 6.07) is 16.9. The summed E-state index contributed by atoms with van der Waals surface area (Å²) in [5, 5.41) is 9.12. The largest absolute Gasteiger partial charge is 0.376 e. The number of likely N-dealkylation sites (tertiary alicyclic amines) is 1. The Hall–Kier alpha value is -2.96. The van der Waals surface area contributed by atoms with E-state index in [-0.39, 0.29) is 0 Å². The van der Waals surface area contributed by atoms with Crippen molar-refractivity contribution in [2.24, 2.45) is 5.92 Å². The minimum atomic E-state index is 0.656. The standard InChI is InChI=1S/C25H29N5O/c1-2-5-20(6-3-1)16-31-17-21-10-12-29(15-21)11-4-7-22-14-26-25-9-8-23(13-24(22)25)30-18-27-28-19-30/h1-3,5-6,8-9,13-14,18-19,21,26H,4,7,10-12,15-17H2/t21-/m1/s1. The number of benzene rings is 2. The van der Waals surface area contributed by atoms with E-state index in [0.717, 1.165) is 38.4 Å². The van der Waals surface area contributed by atoms with E-state index in [1.807, 2.05) is 10.6 Å². The van der Waals surface area contributed by atoms with Gasteiger partial charge >= 0.3 is 0 Å². The molecule has 5 rings (SSSR count). The van der Waals surface area contributed by atoms with E-state index < -0.39 is 0 Å². The Morgan fingerprint density at radius 2 is 1.94 bits per heavy atom. The van der Waals surface area contributed by atoms with Gasteiger partial charge in [-0.05, 0) is 67.6 Å². The van der Waals surface area contributed by atoms with Crippen molar-refractivity contribution in [2.75, 3.05) is 26.2 Å². The van der Waals surface area contributed by atoms with E-state index in [1.165, 1.54) is 41.4 Å². The van der Waals surface area contributed by atoms with Gasteiger partial charge in [-0.3, -0.25) is 4.57 Å². The van der Waals surface area contributed by atoms with Crippen molar-refractivity contribution in [3.05, 3.63) is 78.5 Å². The SMILES string of the molecule is c1ccc(COC[C@@H]2CCN(CCCc3c[nH]c4ccc(-n5cnnc5)cc34)C2)cc1. The molecule has 3 heterocycles. The summed E-state index contributed by atoms with van der Waals surface area (Å²) in [5.41, 5.74) is 4.91. The maximum atomic E-state index is 5.96. The number of nitrogens with zero attached hydrogens (tertiary/aromatic N) is 4. The van der Waals surface area contributed by atoms with Gasteiger partial charge in [-0.15, -0.1) is 10.2 Å². The highest BCUT2D eigenvalue weighted by molar-refractivity contribution is 5.85. The second kappa shape index (κ2) is 9.45. The lowest BCUT2D eigenvalue weighted by molar-refractivity contribution is 0.0887. The highest BCUT2D eigenvalue weighted by Crippen LogP contribution is 2.24. The molecule has 6 nitrogen and oxygen atoms in total. The van der Waals surface area contributed by atoms with Gasteiger partial charge in [0.25, 0.3) is 0 Å². The molecule has 1 aliphatic rings. The van der Waals surface area contributed by atoms with Crippen LogP contribution < -0.4 is 0 Å². The zero-order valence-electron chi connectivity index (χ0n) is 17.8. The molecule has 31 heavy (non-hydrogen) atoms. The average molecular weight is 416 g/mol. The third kappa shape index (κ3) is 4.86. The summed E-state index contributed by atoms with van der Waals surface area (Å²) < 4.78 is 7.91. The first-order chi connectivity index (χ1) is 15.3. The van der Waals surface area contributed by atoms with Crippen LogP contribution in [0.25, 0.3) is 16.6 Å². The van der Waals surface area contributed by atoms with Gasteiger partial charge in [0.1, 0.15) is 12.7 Å². The Kier molecular flexibility index (Phi) is 6.09. The highest BCUT2D eigenvalue weighted by Gasteiger charge is 2.22. The molecule has 0 aliphatic carbocycles. The molecule has 1 saturated heterocycles. The Labute approximate surface area is 182 Å². The molecule has 160 valence electrons. The van der Waals surface area contributed by atoms with Crippen LogP contribution in [0.4, 0.5) is 0 Å². The Morgan fingerprint density at radius 3 is 2.81 bits per heavy atom. The van der Waals surface area contributed by atoms with Crippen LogP contribution in [0, 0.1) is 5.92 Å². The second-order valence-corrected chi connectivity index (χ2v) is 8.47. The third-order valence-corrected chi connectivity index (χ3v) is 6.22. The Morgan fingerprint density at radius 1 is 1.06 bits per heavy atom. The summed E-state index contributed by atoms with van der Waals surface area (Å²) >= 11 is 0. The number of aryl methyl sites for hydroxylation is 1. The smallest absolute Gasteiger partial charge is 0.123 e. The molecule has 0 amide bonds. The number of aromatic nitrogens is 4. The summed E-state index contributed by atoms with van der Waals surface area (Å²) in [7, 11) is 0. The summed E-state index contributed by atoms with van der Waals surface area (Å²) in [5.74, 6) is 0.656. The van der Waals surface area contributed by atoms with Crippen LogP contribution in [0.3, 0.4) is 0 Å². The van der Waals surface area contributed by atoms with E-state index >= 15 is 0 Å². The molecule has 1 atom stereocenters. The van der Waals surface area contributed by atoms with Crippen LogP contribution in [0.2, 0.25) is 0 Å². The van der Waals surface area contributed by atoms with Gasteiger partial charge in [0, 0.05) is 29.3 Å². The molecule has 0 radical (unpaired) electrons. The Bertz CT molecular complexity index is 1090. The fourth-order valence-electron chi connectivity index (χ4n) is 4.53. The van der Waals surface area contributed by atoms with E-state index in [2.05, 4.69) is 68.7 Å². The maximum Gasteiger partial charge on any atom is 0.123 e. The lowest BCUT2D eigenvalue weighted by Gasteiger charge is -2.16. The van der Waals surface area contributed by atoms with Crippen molar-refractivity contribution in [3.63, 3.8) is 0 Å². The normalized spacial score (nSPS) is 17.0. The van der Waals surface area contributed by atoms with Crippen LogP contribution in [0.15, 0.2) is 67.4 Å². The van der Waals surface area contributed by atoms with E-state index in [0.29, 0.717) is 5.92 Å². The lowest BCUT2D eigenvalue weighted by Crippen LogP contribution is -2.23. The first kappa shape index (κ1) is 20.0. The molecule has 0 saturated carbocycles. The molecular formula is C25H29N5O. The monoisotopic (exact) mass is 415 g/mol. The number of hydrogen-bond acceptors (Lipinski definition) is 4. The predicted octanol–water partition coefficient (Wildman–Crippen LogP) is 4.22. The van der Waals surface area contributed by atoms with Crippen molar-refractivity contribution >= 4 is 10.9 Å². The van der Waals surface area contributed by atoms with E-state index in [4.69, 9.17) is 4.74 Å². The van der Waals surface area contributed by atoms with Crippen molar-refractivity contribution in [1.29, 1.82) is 0 Å². The lowest BCUT2D eigenvalue weighted by atomic mass is 10.1. The fourth-order valence-corrected chi connectivity index (χ4v) is 4.53. The molecule has 0 unspecified atom stereocenters. The molecule has 0 spiro atoms. The summed E-state index contributed by atoms with van der Waals surface area (Å²) in [6.45, 7) is 5.06. The average Bonchev–Trinajstić information content (AvgIpc) is 3.56. The summed E-state index contributed by atoms with van der Waals surface area (Å²) in [4.78, 5) is 6.00. The molecule has 0 bridgehead atoms. The predicted molar refractivity (Wildman–Crippen MR) is 122 cm³/mol. The number of aromatic amines is 1. The molecule has 1 N–H and O–H groups in total. The number of H-pyrrole nitrogens is 1. The summed E-state index contributed by atoms with van der Waals surface area (Å²) in [6.07, 6.45) is 9.12. The minimum absolute atomic E-state index is 0.656. The molecule has 4 aromatic rings. The fraction of sp³-hybridized carbons (Fsp3) is 0.360. The number of rotatable bonds is 9.